The van der Waals surface area contributed by atoms with Crippen LogP contribution in [0.3, 0.4) is 0 Å². The van der Waals surface area contributed by atoms with E-state index in [9.17, 15) is 4.79 Å². The second-order valence-corrected chi connectivity index (χ2v) is 6.98. The second kappa shape index (κ2) is 6.50. The van der Waals surface area contributed by atoms with Crippen molar-refractivity contribution in [2.24, 2.45) is 5.73 Å². The van der Waals surface area contributed by atoms with Crippen LogP contribution in [0.4, 0.5) is 0 Å². The van der Waals surface area contributed by atoms with Gasteiger partial charge >= 0.3 is 0 Å². The maximum Gasteiger partial charge on any atom is 0.262 e. The molecule has 1 atom stereocenters. The summed E-state index contributed by atoms with van der Waals surface area (Å²) in [6.07, 6.45) is 3.75. The zero-order valence-corrected chi connectivity index (χ0v) is 15.8. The first-order valence-corrected chi connectivity index (χ1v) is 8.56. The van der Waals surface area contributed by atoms with Crippen molar-refractivity contribution in [3.63, 3.8) is 0 Å². The highest BCUT2D eigenvalue weighted by atomic mass is 35.5. The van der Waals surface area contributed by atoms with E-state index in [1.54, 1.807) is 24.0 Å². The first-order valence-electron chi connectivity index (χ1n) is 8.18. The molecule has 1 fully saturated rings. The third kappa shape index (κ3) is 2.84. The number of likely N-dealkylation sites (N-methyl/N-ethyl adjacent to an activating group) is 1. The summed E-state index contributed by atoms with van der Waals surface area (Å²) in [6.45, 7) is 7.62. The Morgan fingerprint density at radius 3 is 2.46 bits per heavy atom. The lowest BCUT2D eigenvalue weighted by Gasteiger charge is -2.31. The van der Waals surface area contributed by atoms with Crippen molar-refractivity contribution in [2.75, 3.05) is 7.05 Å². The maximum atomic E-state index is 13.1. The van der Waals surface area contributed by atoms with E-state index in [1.807, 2.05) is 43.3 Å². The van der Waals surface area contributed by atoms with E-state index in [4.69, 9.17) is 22.7 Å². The highest BCUT2D eigenvalue weighted by molar-refractivity contribution is 6.31. The van der Waals surface area contributed by atoms with Gasteiger partial charge in [-0.05, 0) is 43.2 Å². The number of hydrogen-bond donors (Lipinski definition) is 2. The van der Waals surface area contributed by atoms with Gasteiger partial charge in [-0.2, -0.15) is 0 Å². The number of carbonyl (C=O) groups excluding carboxylic acids is 1. The molecule has 2 heterocycles. The van der Waals surface area contributed by atoms with Crippen LogP contribution in [-0.4, -0.2) is 28.5 Å². The standard InChI is InChI=1S/C20H21ClN4O/c1-11-9-16(10-24(4)13(11)3)25-19(14-5-7-15(21)8-6-14)18(23)17(12(2)22)20(25)26/h5-10,19,23H,3,22H2,1-2,4H3/b17-12+,23-18?. The molecule has 0 radical (unpaired) electrons. The molecule has 0 bridgehead atoms. The first-order chi connectivity index (χ1) is 12.2. The average Bonchev–Trinajstić information content (AvgIpc) is 2.83. The van der Waals surface area contributed by atoms with Crippen LogP contribution < -0.4 is 5.73 Å². The highest BCUT2D eigenvalue weighted by Crippen LogP contribution is 2.39. The minimum absolute atomic E-state index is 0.191. The predicted molar refractivity (Wildman–Crippen MR) is 104 cm³/mol. The van der Waals surface area contributed by atoms with Crippen molar-refractivity contribution >= 4 is 23.2 Å². The van der Waals surface area contributed by atoms with Crippen molar-refractivity contribution in [3.05, 3.63) is 81.9 Å². The molecule has 134 valence electrons. The van der Waals surface area contributed by atoms with Gasteiger partial charge in [0.1, 0.15) is 6.04 Å². The number of halogens is 1. The Morgan fingerprint density at radius 1 is 1.31 bits per heavy atom. The average molecular weight is 369 g/mol. The minimum atomic E-state index is -0.552. The van der Waals surface area contributed by atoms with Crippen LogP contribution in [0.2, 0.25) is 5.02 Å². The molecule has 6 heteroatoms. The molecule has 5 nitrogen and oxygen atoms in total. The van der Waals surface area contributed by atoms with Crippen molar-refractivity contribution in [2.45, 2.75) is 19.9 Å². The molecule has 1 aromatic carbocycles. The van der Waals surface area contributed by atoms with Crippen LogP contribution in [0.15, 0.2) is 71.4 Å². The maximum absolute atomic E-state index is 13.1. The fourth-order valence-electron chi connectivity index (χ4n) is 3.26. The fourth-order valence-corrected chi connectivity index (χ4v) is 3.38. The molecule has 0 aliphatic carbocycles. The van der Waals surface area contributed by atoms with Gasteiger partial charge in [-0.25, -0.2) is 0 Å². The van der Waals surface area contributed by atoms with Crippen LogP contribution in [-0.2, 0) is 4.79 Å². The summed E-state index contributed by atoms with van der Waals surface area (Å²) in [4.78, 5) is 16.6. The number of likely N-dealkylation sites (tertiary alicyclic amines) is 1. The van der Waals surface area contributed by atoms with Crippen molar-refractivity contribution in [3.8, 4) is 0 Å². The number of rotatable bonds is 2. The molecule has 1 unspecified atom stereocenters. The van der Waals surface area contributed by atoms with Crippen LogP contribution in [0.25, 0.3) is 0 Å². The lowest BCUT2D eigenvalue weighted by molar-refractivity contribution is -0.124. The Balaban J connectivity index is 2.17. The molecule has 3 rings (SSSR count). The Hall–Kier alpha value is -2.79. The number of nitrogens with two attached hydrogens (primary N) is 1. The molecule has 0 aromatic heterocycles. The molecule has 1 aromatic rings. The Bertz CT molecular complexity index is 904. The normalized spacial score (nSPS) is 22.6. The number of nitrogens with zero attached hydrogens (tertiary/aromatic N) is 2. The predicted octanol–water partition coefficient (Wildman–Crippen LogP) is 3.72. The molecule has 0 saturated carbocycles. The van der Waals surface area contributed by atoms with Crippen LogP contribution in [0, 0.1) is 5.41 Å². The van der Waals surface area contributed by atoms with Crippen molar-refractivity contribution < 1.29 is 4.79 Å². The van der Waals surface area contributed by atoms with Gasteiger partial charge in [-0.15, -0.1) is 0 Å². The van der Waals surface area contributed by atoms with Crippen LogP contribution in [0.1, 0.15) is 25.5 Å². The molecule has 0 spiro atoms. The van der Waals surface area contributed by atoms with E-state index >= 15 is 0 Å². The van der Waals surface area contributed by atoms with Crippen LogP contribution >= 0.6 is 11.6 Å². The summed E-state index contributed by atoms with van der Waals surface area (Å²) in [5, 5.41) is 9.19. The number of nitrogens with one attached hydrogen (secondary N) is 1. The zero-order chi connectivity index (χ0) is 19.2. The zero-order valence-electron chi connectivity index (χ0n) is 15.0. The smallest absolute Gasteiger partial charge is 0.262 e. The second-order valence-electron chi connectivity index (χ2n) is 6.54. The summed E-state index contributed by atoms with van der Waals surface area (Å²) in [6, 6.07) is 6.63. The van der Waals surface area contributed by atoms with Gasteiger partial charge < -0.3 is 16.0 Å². The SMILES string of the molecule is C=C1C(C)=CC(N2C(=O)/C(=C(\C)N)C(=N)C2c2ccc(Cl)cc2)=CN1C. The lowest BCUT2D eigenvalue weighted by atomic mass is 9.99. The summed E-state index contributed by atoms with van der Waals surface area (Å²) in [7, 11) is 1.88. The van der Waals surface area contributed by atoms with E-state index in [-0.39, 0.29) is 17.2 Å². The van der Waals surface area contributed by atoms with E-state index < -0.39 is 6.04 Å². The molecular weight excluding hydrogens is 348 g/mol. The first kappa shape index (κ1) is 18.0. The monoisotopic (exact) mass is 368 g/mol. The summed E-state index contributed by atoms with van der Waals surface area (Å²) in [5.41, 5.74) is 10.0. The van der Waals surface area contributed by atoms with E-state index in [0.29, 0.717) is 16.4 Å². The minimum Gasteiger partial charge on any atom is -0.402 e. The Morgan fingerprint density at radius 2 is 1.92 bits per heavy atom. The Labute approximate surface area is 158 Å². The summed E-state index contributed by atoms with van der Waals surface area (Å²) < 4.78 is 0. The number of hydrogen-bond acceptors (Lipinski definition) is 4. The van der Waals surface area contributed by atoms with Crippen molar-refractivity contribution in [1.82, 2.24) is 9.80 Å². The van der Waals surface area contributed by atoms with Crippen LogP contribution in [0.5, 0.6) is 0 Å². The van der Waals surface area contributed by atoms with E-state index in [1.165, 1.54) is 0 Å². The quantitative estimate of drug-likeness (QED) is 0.781. The molecule has 26 heavy (non-hydrogen) atoms. The molecule has 1 saturated heterocycles. The van der Waals surface area contributed by atoms with Gasteiger partial charge in [0.25, 0.3) is 5.91 Å². The fraction of sp³-hybridized carbons (Fsp3) is 0.200. The topological polar surface area (TPSA) is 73.4 Å². The van der Waals surface area contributed by atoms with Crippen molar-refractivity contribution in [1.29, 1.82) is 5.41 Å². The summed E-state index contributed by atoms with van der Waals surface area (Å²) >= 11 is 6.00. The molecule has 2 aliphatic rings. The van der Waals surface area contributed by atoms with Gasteiger partial charge in [0.2, 0.25) is 0 Å². The van der Waals surface area contributed by atoms with E-state index in [0.717, 1.165) is 16.8 Å². The van der Waals surface area contributed by atoms with Gasteiger partial charge in [-0.1, -0.05) is 30.3 Å². The third-order valence-electron chi connectivity index (χ3n) is 4.66. The molecule has 2 aliphatic heterocycles. The number of carbonyl (C=O) groups is 1. The molecular formula is C20H21ClN4O. The van der Waals surface area contributed by atoms with Gasteiger partial charge in [0.05, 0.1) is 17.0 Å². The number of amides is 1. The third-order valence-corrected chi connectivity index (χ3v) is 4.92. The molecule has 1 amide bonds. The number of allylic oxidation sites excluding steroid dienone is 3. The summed E-state index contributed by atoms with van der Waals surface area (Å²) in [5.74, 6) is -0.272. The largest absolute Gasteiger partial charge is 0.402 e. The Kier molecular flexibility index (Phi) is 4.50. The lowest BCUT2D eigenvalue weighted by Crippen LogP contribution is -2.31. The van der Waals surface area contributed by atoms with E-state index in [2.05, 4.69) is 6.58 Å². The molecule has 3 N–H and O–H groups in total. The number of benzene rings is 1. The highest BCUT2D eigenvalue weighted by Gasteiger charge is 2.44. The van der Waals surface area contributed by atoms with Gasteiger partial charge in [-0.3, -0.25) is 9.69 Å². The van der Waals surface area contributed by atoms with Gasteiger partial charge in [0, 0.05) is 29.7 Å². The van der Waals surface area contributed by atoms with Gasteiger partial charge in [0.15, 0.2) is 0 Å².